The van der Waals surface area contributed by atoms with Crippen LogP contribution < -0.4 is 14.8 Å². The van der Waals surface area contributed by atoms with E-state index in [-0.39, 0.29) is 27.0 Å². The molecular formula is C28H18Cl2IN3O5. The number of nitriles is 1. The molecular weight excluding hydrogens is 656 g/mol. The smallest absolute Gasteiger partial charge is 0.272 e. The Morgan fingerprint density at radius 3 is 2.49 bits per heavy atom. The van der Waals surface area contributed by atoms with Gasteiger partial charge in [0.15, 0.2) is 11.5 Å². The number of fused-ring (bicyclic) bond motifs is 1. The van der Waals surface area contributed by atoms with Crippen LogP contribution in [0.3, 0.4) is 0 Å². The molecule has 0 fully saturated rings. The van der Waals surface area contributed by atoms with E-state index in [0.29, 0.717) is 27.2 Å². The van der Waals surface area contributed by atoms with Gasteiger partial charge in [0.05, 0.1) is 31.3 Å². The number of hydrogen-bond donors (Lipinski definition) is 1. The standard InChI is InChI=1S/C28H18Cl2IN3O5/c1-38-25-11-16(9-19(14-32)28(35)33-26-22(29)12-20(34(36)37)13-23(26)30)10-24(31)27(25)39-15-18-7-4-6-17-5-2-3-8-21(17)18/h2-13H,15H2,1H3,(H,33,35)/b19-9+. The fraction of sp³-hybridized carbons (Fsp3) is 0.0714. The molecule has 0 radical (unpaired) electrons. The van der Waals surface area contributed by atoms with Gasteiger partial charge >= 0.3 is 0 Å². The van der Waals surface area contributed by atoms with Gasteiger partial charge in [-0.15, -0.1) is 0 Å². The second kappa shape index (κ2) is 12.3. The molecule has 0 unspecified atom stereocenters. The van der Waals surface area contributed by atoms with Gasteiger partial charge in [-0.05, 0) is 62.7 Å². The number of non-ortho nitro benzene ring substituents is 1. The Labute approximate surface area is 247 Å². The molecule has 0 heterocycles. The first-order chi connectivity index (χ1) is 18.7. The van der Waals surface area contributed by atoms with E-state index in [4.69, 9.17) is 32.7 Å². The highest BCUT2D eigenvalue weighted by molar-refractivity contribution is 14.1. The molecule has 0 aromatic heterocycles. The Kier molecular flexibility index (Phi) is 8.91. The number of rotatable bonds is 8. The molecule has 0 bridgehead atoms. The number of nitro groups is 1. The van der Waals surface area contributed by atoms with Crippen LogP contribution in [-0.4, -0.2) is 17.9 Å². The van der Waals surface area contributed by atoms with E-state index >= 15 is 0 Å². The number of methoxy groups -OCH3 is 1. The third-order valence-electron chi connectivity index (χ3n) is 5.66. The van der Waals surface area contributed by atoms with Gasteiger partial charge in [-0.1, -0.05) is 65.7 Å². The molecule has 4 aromatic rings. The van der Waals surface area contributed by atoms with Crippen LogP contribution in [0.25, 0.3) is 16.8 Å². The molecule has 0 saturated heterocycles. The molecule has 0 aliphatic carbocycles. The molecule has 4 rings (SSSR count). The first-order valence-corrected chi connectivity index (χ1v) is 13.1. The monoisotopic (exact) mass is 673 g/mol. The quantitative estimate of drug-likeness (QED) is 0.0671. The van der Waals surface area contributed by atoms with Crippen LogP contribution in [0.4, 0.5) is 11.4 Å². The summed E-state index contributed by atoms with van der Waals surface area (Å²) < 4.78 is 12.4. The number of ether oxygens (including phenoxy) is 2. The van der Waals surface area contributed by atoms with Crippen molar-refractivity contribution in [1.82, 2.24) is 0 Å². The zero-order chi connectivity index (χ0) is 28.1. The molecule has 196 valence electrons. The van der Waals surface area contributed by atoms with Crippen molar-refractivity contribution >= 4 is 79.9 Å². The molecule has 0 saturated carbocycles. The maximum Gasteiger partial charge on any atom is 0.272 e. The van der Waals surface area contributed by atoms with Crippen molar-refractivity contribution in [2.45, 2.75) is 6.61 Å². The van der Waals surface area contributed by atoms with E-state index in [1.165, 1.54) is 13.2 Å². The number of halogens is 3. The van der Waals surface area contributed by atoms with Crippen molar-refractivity contribution < 1.29 is 19.2 Å². The van der Waals surface area contributed by atoms with Crippen LogP contribution in [0, 0.1) is 25.0 Å². The number of hydrogen-bond acceptors (Lipinski definition) is 6. The summed E-state index contributed by atoms with van der Waals surface area (Å²) in [5.74, 6) is 0.156. The minimum absolute atomic E-state index is 0.0422. The second-order valence-corrected chi connectivity index (χ2v) is 10.1. The maximum atomic E-state index is 12.8. The van der Waals surface area contributed by atoms with Crippen molar-refractivity contribution in [3.8, 4) is 17.6 Å². The minimum Gasteiger partial charge on any atom is -0.493 e. The van der Waals surface area contributed by atoms with Crippen molar-refractivity contribution in [3.63, 3.8) is 0 Å². The average Bonchev–Trinajstić information content (AvgIpc) is 2.92. The maximum absolute atomic E-state index is 12.8. The summed E-state index contributed by atoms with van der Waals surface area (Å²) in [5.41, 5.74) is 0.911. The van der Waals surface area contributed by atoms with E-state index < -0.39 is 10.8 Å². The first kappa shape index (κ1) is 28.2. The van der Waals surface area contributed by atoms with E-state index in [9.17, 15) is 20.2 Å². The molecule has 39 heavy (non-hydrogen) atoms. The number of carbonyl (C=O) groups excluding carboxylic acids is 1. The highest BCUT2D eigenvalue weighted by Gasteiger charge is 2.19. The van der Waals surface area contributed by atoms with E-state index in [1.807, 2.05) is 48.5 Å². The van der Waals surface area contributed by atoms with E-state index in [2.05, 4.69) is 27.9 Å². The lowest BCUT2D eigenvalue weighted by Gasteiger charge is -2.15. The van der Waals surface area contributed by atoms with Gasteiger partial charge in [0.1, 0.15) is 18.2 Å². The van der Waals surface area contributed by atoms with Crippen LogP contribution in [0.1, 0.15) is 11.1 Å². The topological polar surface area (TPSA) is 114 Å². The molecule has 8 nitrogen and oxygen atoms in total. The average molecular weight is 674 g/mol. The van der Waals surface area contributed by atoms with Crippen LogP contribution in [0.2, 0.25) is 10.0 Å². The predicted octanol–water partition coefficient (Wildman–Crippen LogP) is 7.79. The third-order valence-corrected chi connectivity index (χ3v) is 7.05. The summed E-state index contributed by atoms with van der Waals surface area (Å²) in [6.45, 7) is 0.311. The zero-order valence-electron chi connectivity index (χ0n) is 20.2. The van der Waals surface area contributed by atoms with Gasteiger partial charge in [-0.2, -0.15) is 5.26 Å². The lowest BCUT2D eigenvalue weighted by atomic mass is 10.1. The van der Waals surface area contributed by atoms with Crippen molar-refractivity contribution in [2.75, 3.05) is 12.4 Å². The lowest BCUT2D eigenvalue weighted by molar-refractivity contribution is -0.384. The Morgan fingerprint density at radius 2 is 1.82 bits per heavy atom. The molecule has 0 aliphatic rings. The fourth-order valence-corrected chi connectivity index (χ4v) is 5.16. The van der Waals surface area contributed by atoms with Crippen molar-refractivity contribution in [3.05, 3.63) is 107 Å². The molecule has 11 heteroatoms. The molecule has 4 aromatic carbocycles. The van der Waals surface area contributed by atoms with Gasteiger partial charge in [-0.3, -0.25) is 14.9 Å². The summed E-state index contributed by atoms with van der Waals surface area (Å²) in [4.78, 5) is 23.2. The van der Waals surface area contributed by atoms with E-state index in [0.717, 1.165) is 28.5 Å². The van der Waals surface area contributed by atoms with Crippen molar-refractivity contribution in [1.29, 1.82) is 5.26 Å². The number of nitrogens with zero attached hydrogens (tertiary/aromatic N) is 2. The van der Waals surface area contributed by atoms with Crippen LogP contribution in [0.15, 0.2) is 72.3 Å². The fourth-order valence-electron chi connectivity index (χ4n) is 3.81. The minimum atomic E-state index is -0.791. The van der Waals surface area contributed by atoms with Gasteiger partial charge in [0, 0.05) is 12.1 Å². The van der Waals surface area contributed by atoms with Crippen LogP contribution in [0.5, 0.6) is 11.5 Å². The summed E-state index contributed by atoms with van der Waals surface area (Å²) in [5, 5.41) is 25.0. The van der Waals surface area contributed by atoms with Gasteiger partial charge in [0.2, 0.25) is 0 Å². The zero-order valence-corrected chi connectivity index (χ0v) is 23.9. The van der Waals surface area contributed by atoms with E-state index in [1.54, 1.807) is 12.1 Å². The van der Waals surface area contributed by atoms with Gasteiger partial charge in [0.25, 0.3) is 11.6 Å². The lowest BCUT2D eigenvalue weighted by Crippen LogP contribution is -2.14. The number of amides is 1. The SMILES string of the molecule is COc1cc(/C=C(\C#N)C(=O)Nc2c(Cl)cc([N+](=O)[O-])cc2Cl)cc(I)c1OCc1cccc2ccccc12. The third kappa shape index (κ3) is 6.42. The molecule has 0 spiro atoms. The summed E-state index contributed by atoms with van der Waals surface area (Å²) in [6, 6.07) is 21.4. The van der Waals surface area contributed by atoms with Gasteiger partial charge < -0.3 is 14.8 Å². The summed E-state index contributed by atoms with van der Waals surface area (Å²) in [6.07, 6.45) is 1.38. The van der Waals surface area contributed by atoms with Crippen LogP contribution >= 0.6 is 45.8 Å². The molecule has 0 aliphatic heterocycles. The summed E-state index contributed by atoms with van der Waals surface area (Å²) in [7, 11) is 1.50. The number of anilines is 1. The number of nitrogens with one attached hydrogen (secondary N) is 1. The number of carbonyl (C=O) groups is 1. The molecule has 0 atom stereocenters. The Hall–Kier alpha value is -3.85. The predicted molar refractivity (Wildman–Crippen MR) is 159 cm³/mol. The Morgan fingerprint density at radius 1 is 1.13 bits per heavy atom. The normalized spacial score (nSPS) is 11.1. The van der Waals surface area contributed by atoms with Crippen LogP contribution in [-0.2, 0) is 11.4 Å². The van der Waals surface area contributed by atoms with Crippen molar-refractivity contribution in [2.24, 2.45) is 0 Å². The second-order valence-electron chi connectivity index (χ2n) is 8.13. The highest BCUT2D eigenvalue weighted by atomic mass is 127. The highest BCUT2D eigenvalue weighted by Crippen LogP contribution is 2.37. The Balaban J connectivity index is 1.58. The summed E-state index contributed by atoms with van der Waals surface area (Å²) >= 11 is 14.3. The number of benzene rings is 4. The number of nitro benzene ring substituents is 1. The molecule has 1 amide bonds. The van der Waals surface area contributed by atoms with Gasteiger partial charge in [-0.25, -0.2) is 0 Å². The Bertz CT molecular complexity index is 1660. The largest absolute Gasteiger partial charge is 0.493 e. The molecule has 1 N–H and O–H groups in total. The first-order valence-electron chi connectivity index (χ1n) is 11.3.